The SMILES string of the molecule is COc1cccc(N2C(=O)C(O)=C(C(=O)c3cc4cc(Cl)ccc4o3)C2c2cccc(O)c2)c1. The Kier molecular flexibility index (Phi) is 5.26. The first kappa shape index (κ1) is 21.6. The topological polar surface area (TPSA) is 100 Å². The third-order valence-corrected chi connectivity index (χ3v) is 5.91. The maximum Gasteiger partial charge on any atom is 0.294 e. The van der Waals surface area contributed by atoms with Gasteiger partial charge >= 0.3 is 0 Å². The van der Waals surface area contributed by atoms with Gasteiger partial charge in [-0.1, -0.05) is 29.8 Å². The van der Waals surface area contributed by atoms with Crippen molar-refractivity contribution < 1.29 is 29.0 Å². The highest BCUT2D eigenvalue weighted by Gasteiger charge is 2.45. The molecular weight excluding hydrogens is 458 g/mol. The summed E-state index contributed by atoms with van der Waals surface area (Å²) < 4.78 is 11.0. The van der Waals surface area contributed by atoms with Crippen LogP contribution in [0.3, 0.4) is 0 Å². The summed E-state index contributed by atoms with van der Waals surface area (Å²) in [4.78, 5) is 28.2. The number of Topliss-reactive ketones (excluding diaryl/α,β-unsaturated/α-hetero) is 1. The largest absolute Gasteiger partial charge is 0.508 e. The van der Waals surface area contributed by atoms with E-state index in [-0.39, 0.29) is 17.1 Å². The van der Waals surface area contributed by atoms with Gasteiger partial charge in [0, 0.05) is 22.2 Å². The molecule has 1 atom stereocenters. The van der Waals surface area contributed by atoms with Crippen LogP contribution < -0.4 is 9.64 Å². The standard InChI is InChI=1S/C26H18ClNO6/c1-33-19-7-3-5-17(13-19)28-23(14-4-2-6-18(29)11-14)22(25(31)26(28)32)24(30)21-12-15-10-16(27)8-9-20(15)34-21/h2-13,23,29,31H,1H3. The Morgan fingerprint density at radius 2 is 1.82 bits per heavy atom. The van der Waals surface area contributed by atoms with Crippen LogP contribution >= 0.6 is 11.6 Å². The molecule has 34 heavy (non-hydrogen) atoms. The number of aromatic hydroxyl groups is 1. The first-order valence-corrected chi connectivity index (χ1v) is 10.7. The van der Waals surface area contributed by atoms with Crippen molar-refractivity contribution in [3.8, 4) is 11.5 Å². The number of phenols is 1. The highest BCUT2D eigenvalue weighted by molar-refractivity contribution is 6.31. The number of amides is 1. The number of phenolic OH excluding ortho intramolecular Hbond substituents is 1. The zero-order valence-electron chi connectivity index (χ0n) is 17.9. The Morgan fingerprint density at radius 3 is 2.59 bits per heavy atom. The highest BCUT2D eigenvalue weighted by atomic mass is 35.5. The maximum absolute atomic E-state index is 13.6. The Bertz CT molecular complexity index is 1490. The smallest absolute Gasteiger partial charge is 0.294 e. The predicted molar refractivity (Wildman–Crippen MR) is 127 cm³/mol. The number of rotatable bonds is 5. The van der Waals surface area contributed by atoms with E-state index >= 15 is 0 Å². The van der Waals surface area contributed by atoms with Crippen molar-refractivity contribution in [3.63, 3.8) is 0 Å². The molecule has 0 fully saturated rings. The summed E-state index contributed by atoms with van der Waals surface area (Å²) in [7, 11) is 1.50. The number of benzene rings is 3. The molecule has 1 aliphatic heterocycles. The van der Waals surface area contributed by atoms with Gasteiger partial charge in [-0.15, -0.1) is 0 Å². The van der Waals surface area contributed by atoms with E-state index in [1.165, 1.54) is 30.2 Å². The molecule has 170 valence electrons. The number of aliphatic hydroxyl groups is 1. The monoisotopic (exact) mass is 475 g/mol. The lowest BCUT2D eigenvalue weighted by Crippen LogP contribution is -2.31. The average molecular weight is 476 g/mol. The number of carbonyl (C=O) groups is 2. The number of fused-ring (bicyclic) bond motifs is 1. The molecule has 2 heterocycles. The maximum atomic E-state index is 13.6. The number of aliphatic hydroxyl groups excluding tert-OH is 1. The van der Waals surface area contributed by atoms with Crippen LogP contribution in [0.15, 0.2) is 88.5 Å². The van der Waals surface area contributed by atoms with E-state index in [9.17, 15) is 19.8 Å². The van der Waals surface area contributed by atoms with Crippen molar-refractivity contribution in [2.75, 3.05) is 12.0 Å². The van der Waals surface area contributed by atoms with Crippen molar-refractivity contribution in [1.29, 1.82) is 0 Å². The van der Waals surface area contributed by atoms with Crippen molar-refractivity contribution >= 4 is 39.9 Å². The summed E-state index contributed by atoms with van der Waals surface area (Å²) in [6.45, 7) is 0. The molecule has 0 saturated heterocycles. The summed E-state index contributed by atoms with van der Waals surface area (Å²) in [5, 5.41) is 22.1. The lowest BCUT2D eigenvalue weighted by Gasteiger charge is -2.27. The second kappa shape index (κ2) is 8.28. The third kappa shape index (κ3) is 3.56. The molecule has 0 aliphatic carbocycles. The van der Waals surface area contributed by atoms with E-state index in [0.29, 0.717) is 33.0 Å². The van der Waals surface area contributed by atoms with Crippen LogP contribution in [0.25, 0.3) is 11.0 Å². The van der Waals surface area contributed by atoms with E-state index in [1.54, 1.807) is 54.6 Å². The van der Waals surface area contributed by atoms with Gasteiger partial charge in [-0.05, 0) is 54.1 Å². The quantitative estimate of drug-likeness (QED) is 0.365. The number of anilines is 1. The van der Waals surface area contributed by atoms with Crippen LogP contribution in [0.4, 0.5) is 5.69 Å². The minimum absolute atomic E-state index is 0.0490. The van der Waals surface area contributed by atoms with E-state index in [2.05, 4.69) is 0 Å². The molecule has 8 heteroatoms. The van der Waals surface area contributed by atoms with Gasteiger partial charge in [0.25, 0.3) is 5.91 Å². The molecule has 7 nitrogen and oxygen atoms in total. The van der Waals surface area contributed by atoms with Gasteiger partial charge in [-0.2, -0.15) is 0 Å². The molecule has 3 aromatic carbocycles. The summed E-state index contributed by atoms with van der Waals surface area (Å²) in [5.74, 6) is -1.72. The number of hydrogen-bond donors (Lipinski definition) is 2. The van der Waals surface area contributed by atoms with Crippen LogP contribution in [0.1, 0.15) is 22.2 Å². The number of nitrogens with zero attached hydrogens (tertiary/aromatic N) is 1. The molecule has 0 radical (unpaired) electrons. The first-order valence-electron chi connectivity index (χ1n) is 10.3. The number of carbonyl (C=O) groups excluding carboxylic acids is 2. The number of hydrogen-bond acceptors (Lipinski definition) is 6. The van der Waals surface area contributed by atoms with E-state index in [0.717, 1.165) is 0 Å². The van der Waals surface area contributed by atoms with Crippen LogP contribution in [-0.4, -0.2) is 29.0 Å². The fourth-order valence-electron chi connectivity index (χ4n) is 4.13. The zero-order valence-corrected chi connectivity index (χ0v) is 18.6. The van der Waals surface area contributed by atoms with Gasteiger partial charge in [-0.25, -0.2) is 0 Å². The molecule has 1 aromatic heterocycles. The summed E-state index contributed by atoms with van der Waals surface area (Å²) in [6, 6.07) is 18.3. The number of furan rings is 1. The van der Waals surface area contributed by atoms with Crippen LogP contribution in [0.5, 0.6) is 11.5 Å². The van der Waals surface area contributed by atoms with Gasteiger partial charge in [0.1, 0.15) is 17.1 Å². The van der Waals surface area contributed by atoms with Gasteiger partial charge in [-0.3, -0.25) is 14.5 Å². The Labute approximate surface area is 199 Å². The number of methoxy groups -OCH3 is 1. The van der Waals surface area contributed by atoms with E-state index in [4.69, 9.17) is 20.8 Å². The van der Waals surface area contributed by atoms with Crippen molar-refractivity contribution in [3.05, 3.63) is 100 Å². The van der Waals surface area contributed by atoms with Gasteiger partial charge in [0.05, 0.1) is 18.7 Å². The van der Waals surface area contributed by atoms with Gasteiger partial charge < -0.3 is 19.4 Å². The molecule has 0 spiro atoms. The fourth-order valence-corrected chi connectivity index (χ4v) is 4.31. The normalized spacial score (nSPS) is 15.9. The van der Waals surface area contributed by atoms with Gasteiger partial charge in [0.15, 0.2) is 11.5 Å². The molecule has 2 N–H and O–H groups in total. The lowest BCUT2D eigenvalue weighted by molar-refractivity contribution is -0.117. The molecular formula is C26H18ClNO6. The molecule has 1 unspecified atom stereocenters. The molecule has 0 saturated carbocycles. The van der Waals surface area contributed by atoms with Crippen molar-refractivity contribution in [1.82, 2.24) is 0 Å². The molecule has 1 aliphatic rings. The number of ketones is 1. The predicted octanol–water partition coefficient (Wildman–Crippen LogP) is 5.58. The van der Waals surface area contributed by atoms with Crippen LogP contribution in [0.2, 0.25) is 5.02 Å². The summed E-state index contributed by atoms with van der Waals surface area (Å²) in [6.07, 6.45) is 0. The van der Waals surface area contributed by atoms with E-state index in [1.807, 2.05) is 0 Å². The van der Waals surface area contributed by atoms with Crippen molar-refractivity contribution in [2.45, 2.75) is 6.04 Å². The Balaban J connectivity index is 1.67. The number of halogens is 1. The Hall–Kier alpha value is -4.23. The van der Waals surface area contributed by atoms with Gasteiger partial charge in [0.2, 0.25) is 5.78 Å². The van der Waals surface area contributed by atoms with Crippen molar-refractivity contribution in [2.24, 2.45) is 0 Å². The minimum Gasteiger partial charge on any atom is -0.508 e. The first-order chi connectivity index (χ1) is 16.4. The second-order valence-electron chi connectivity index (χ2n) is 7.76. The summed E-state index contributed by atoms with van der Waals surface area (Å²) in [5.41, 5.74) is 1.12. The molecule has 5 rings (SSSR count). The molecule has 4 aromatic rings. The van der Waals surface area contributed by atoms with E-state index < -0.39 is 23.5 Å². The third-order valence-electron chi connectivity index (χ3n) is 5.67. The molecule has 1 amide bonds. The Morgan fingerprint density at radius 1 is 1.03 bits per heavy atom. The highest BCUT2D eigenvalue weighted by Crippen LogP contribution is 2.43. The summed E-state index contributed by atoms with van der Waals surface area (Å²) >= 11 is 6.05. The fraction of sp³-hybridized carbons (Fsp3) is 0.0769. The second-order valence-corrected chi connectivity index (χ2v) is 8.19. The average Bonchev–Trinajstić information content (AvgIpc) is 3.37. The minimum atomic E-state index is -1.02. The zero-order chi connectivity index (χ0) is 24.0. The van der Waals surface area contributed by atoms with Crippen LogP contribution in [-0.2, 0) is 4.79 Å². The molecule has 0 bridgehead atoms. The lowest BCUT2D eigenvalue weighted by atomic mass is 9.94. The van der Waals surface area contributed by atoms with Crippen LogP contribution in [0, 0.1) is 0 Å². The number of ether oxygens (including phenoxy) is 1.